The molecule has 3 aromatic rings. The van der Waals surface area contributed by atoms with Crippen LogP contribution >= 0.6 is 0 Å². The maximum atomic E-state index is 12.7. The second-order valence-corrected chi connectivity index (χ2v) is 10.0. The first kappa shape index (κ1) is 24.5. The molecule has 1 aliphatic heterocycles. The summed E-state index contributed by atoms with van der Waals surface area (Å²) >= 11 is 0. The zero-order chi connectivity index (χ0) is 24.8. The summed E-state index contributed by atoms with van der Waals surface area (Å²) in [6.45, 7) is 10.8. The molecule has 1 aliphatic rings. The van der Waals surface area contributed by atoms with Crippen LogP contribution in [-0.2, 0) is 6.54 Å². The predicted octanol–water partition coefficient (Wildman–Crippen LogP) is 4.79. The van der Waals surface area contributed by atoms with Crippen molar-refractivity contribution in [2.24, 2.45) is 0 Å². The molecule has 182 valence electrons. The van der Waals surface area contributed by atoms with E-state index < -0.39 is 0 Å². The Labute approximate surface area is 207 Å². The molecule has 0 saturated carbocycles. The van der Waals surface area contributed by atoms with E-state index in [0.717, 1.165) is 44.1 Å². The highest BCUT2D eigenvalue weighted by Crippen LogP contribution is 2.21. The zero-order valence-electron chi connectivity index (χ0n) is 20.8. The van der Waals surface area contributed by atoms with E-state index in [-0.39, 0.29) is 17.4 Å². The molecule has 2 amide bonds. The van der Waals surface area contributed by atoms with Gasteiger partial charge in [0.2, 0.25) is 0 Å². The standard InChI is InChI=1S/C29H34N4O2/c1-29(2,3)31-28(35)24-11-9-23(10-12-24)27(34)30-25-13-15-26(16-14-25)33-19-17-32(18-20-33)21-22-7-5-4-6-8-22/h4-16H,17-21H2,1-3H3,(H,30,34)(H,31,35). The highest BCUT2D eigenvalue weighted by atomic mass is 16.2. The van der Waals surface area contributed by atoms with Gasteiger partial charge in [-0.1, -0.05) is 30.3 Å². The number of carbonyl (C=O) groups is 2. The first-order valence-corrected chi connectivity index (χ1v) is 12.1. The quantitative estimate of drug-likeness (QED) is 0.544. The minimum absolute atomic E-state index is 0.152. The van der Waals surface area contributed by atoms with Crippen LogP contribution in [0.2, 0.25) is 0 Å². The van der Waals surface area contributed by atoms with Gasteiger partial charge in [0.05, 0.1) is 0 Å². The van der Waals surface area contributed by atoms with Gasteiger partial charge in [-0.05, 0) is 74.9 Å². The Hall–Kier alpha value is -3.64. The molecule has 0 bridgehead atoms. The van der Waals surface area contributed by atoms with Gasteiger partial charge in [-0.25, -0.2) is 0 Å². The molecule has 6 heteroatoms. The van der Waals surface area contributed by atoms with Gasteiger partial charge in [0.1, 0.15) is 0 Å². The Kier molecular flexibility index (Phi) is 7.51. The minimum Gasteiger partial charge on any atom is -0.369 e. The highest BCUT2D eigenvalue weighted by molar-refractivity contribution is 6.05. The van der Waals surface area contributed by atoms with Crippen molar-refractivity contribution in [2.75, 3.05) is 36.4 Å². The first-order chi connectivity index (χ1) is 16.8. The van der Waals surface area contributed by atoms with E-state index in [4.69, 9.17) is 0 Å². The van der Waals surface area contributed by atoms with Crippen molar-refractivity contribution in [2.45, 2.75) is 32.9 Å². The number of benzene rings is 3. The minimum atomic E-state index is -0.310. The smallest absolute Gasteiger partial charge is 0.255 e. The second-order valence-electron chi connectivity index (χ2n) is 10.0. The summed E-state index contributed by atoms with van der Waals surface area (Å²) in [5, 5.41) is 5.87. The molecule has 0 unspecified atom stereocenters. The van der Waals surface area contributed by atoms with Crippen LogP contribution in [0.25, 0.3) is 0 Å². The monoisotopic (exact) mass is 470 g/mol. The summed E-state index contributed by atoms with van der Waals surface area (Å²) in [4.78, 5) is 29.8. The number of piperazine rings is 1. The van der Waals surface area contributed by atoms with Crippen LogP contribution in [0.5, 0.6) is 0 Å². The number of nitrogens with one attached hydrogen (secondary N) is 2. The van der Waals surface area contributed by atoms with Gasteiger partial charge in [0, 0.05) is 60.8 Å². The zero-order valence-corrected chi connectivity index (χ0v) is 20.8. The largest absolute Gasteiger partial charge is 0.369 e. The fourth-order valence-electron chi connectivity index (χ4n) is 4.15. The number of nitrogens with zero attached hydrogens (tertiary/aromatic N) is 2. The third-order valence-corrected chi connectivity index (χ3v) is 6.01. The van der Waals surface area contributed by atoms with Gasteiger partial charge >= 0.3 is 0 Å². The molecule has 0 aliphatic carbocycles. The number of anilines is 2. The molecule has 0 atom stereocenters. The van der Waals surface area contributed by atoms with E-state index in [9.17, 15) is 9.59 Å². The van der Waals surface area contributed by atoms with Crippen LogP contribution in [0.3, 0.4) is 0 Å². The van der Waals surface area contributed by atoms with Crippen molar-refractivity contribution in [3.63, 3.8) is 0 Å². The van der Waals surface area contributed by atoms with E-state index >= 15 is 0 Å². The molecule has 35 heavy (non-hydrogen) atoms. The Morgan fingerprint density at radius 1 is 0.743 bits per heavy atom. The molecule has 6 nitrogen and oxygen atoms in total. The van der Waals surface area contributed by atoms with Crippen LogP contribution in [0.4, 0.5) is 11.4 Å². The lowest BCUT2D eigenvalue weighted by Crippen LogP contribution is -2.45. The van der Waals surface area contributed by atoms with Gasteiger partial charge in [-0.2, -0.15) is 0 Å². The van der Waals surface area contributed by atoms with E-state index in [1.807, 2.05) is 32.9 Å². The average Bonchev–Trinajstić information content (AvgIpc) is 2.85. The lowest BCUT2D eigenvalue weighted by molar-refractivity contribution is 0.0918. The van der Waals surface area contributed by atoms with Crippen molar-refractivity contribution in [3.05, 3.63) is 95.6 Å². The van der Waals surface area contributed by atoms with Gasteiger partial charge in [0.15, 0.2) is 0 Å². The molecule has 1 heterocycles. The molecule has 0 radical (unpaired) electrons. The lowest BCUT2D eigenvalue weighted by atomic mass is 10.1. The molecular formula is C29H34N4O2. The van der Waals surface area contributed by atoms with Crippen LogP contribution in [-0.4, -0.2) is 48.4 Å². The summed E-state index contributed by atoms with van der Waals surface area (Å²) in [5.41, 5.74) is 3.99. The van der Waals surface area contributed by atoms with Crippen molar-refractivity contribution >= 4 is 23.2 Å². The number of carbonyl (C=O) groups excluding carboxylic acids is 2. The van der Waals surface area contributed by atoms with Crippen molar-refractivity contribution in [1.82, 2.24) is 10.2 Å². The van der Waals surface area contributed by atoms with E-state index in [1.165, 1.54) is 5.56 Å². The van der Waals surface area contributed by atoms with E-state index in [0.29, 0.717) is 11.1 Å². The SMILES string of the molecule is CC(C)(C)NC(=O)c1ccc(C(=O)Nc2ccc(N3CCN(Cc4ccccc4)CC3)cc2)cc1. The lowest BCUT2D eigenvalue weighted by Gasteiger charge is -2.36. The maximum Gasteiger partial charge on any atom is 0.255 e. The summed E-state index contributed by atoms with van der Waals surface area (Å²) in [5.74, 6) is -0.351. The number of hydrogen-bond acceptors (Lipinski definition) is 4. The van der Waals surface area contributed by atoms with Gasteiger partial charge in [-0.15, -0.1) is 0 Å². The Morgan fingerprint density at radius 2 is 1.31 bits per heavy atom. The Morgan fingerprint density at radius 3 is 1.89 bits per heavy atom. The molecule has 3 aromatic carbocycles. The second kappa shape index (κ2) is 10.7. The van der Waals surface area contributed by atoms with Crippen molar-refractivity contribution in [1.29, 1.82) is 0 Å². The molecule has 1 fully saturated rings. The van der Waals surface area contributed by atoms with Gasteiger partial charge < -0.3 is 15.5 Å². The average molecular weight is 471 g/mol. The third-order valence-electron chi connectivity index (χ3n) is 6.01. The maximum absolute atomic E-state index is 12.7. The topological polar surface area (TPSA) is 64.7 Å². The fourth-order valence-corrected chi connectivity index (χ4v) is 4.15. The van der Waals surface area contributed by atoms with Crippen molar-refractivity contribution < 1.29 is 9.59 Å². The molecule has 4 rings (SSSR count). The predicted molar refractivity (Wildman–Crippen MR) is 142 cm³/mol. The van der Waals surface area contributed by atoms with Crippen LogP contribution in [0.1, 0.15) is 47.1 Å². The van der Waals surface area contributed by atoms with Gasteiger partial charge in [-0.3, -0.25) is 14.5 Å². The van der Waals surface area contributed by atoms with Gasteiger partial charge in [0.25, 0.3) is 11.8 Å². The molecule has 1 saturated heterocycles. The van der Waals surface area contributed by atoms with Crippen molar-refractivity contribution in [3.8, 4) is 0 Å². The fraction of sp³-hybridized carbons (Fsp3) is 0.310. The molecular weight excluding hydrogens is 436 g/mol. The van der Waals surface area contributed by atoms with Crippen LogP contribution < -0.4 is 15.5 Å². The van der Waals surface area contributed by atoms with E-state index in [2.05, 4.69) is 62.9 Å². The third kappa shape index (κ3) is 6.93. The summed E-state index contributed by atoms with van der Waals surface area (Å²) in [7, 11) is 0. The number of amides is 2. The number of rotatable bonds is 6. The summed E-state index contributed by atoms with van der Waals surface area (Å²) in [6, 6.07) is 25.3. The van der Waals surface area contributed by atoms with Crippen LogP contribution in [0, 0.1) is 0 Å². The highest BCUT2D eigenvalue weighted by Gasteiger charge is 2.18. The summed E-state index contributed by atoms with van der Waals surface area (Å²) < 4.78 is 0. The Bertz CT molecular complexity index is 1130. The molecule has 0 aromatic heterocycles. The van der Waals surface area contributed by atoms with E-state index in [1.54, 1.807) is 24.3 Å². The first-order valence-electron chi connectivity index (χ1n) is 12.1. The van der Waals surface area contributed by atoms with Crippen LogP contribution in [0.15, 0.2) is 78.9 Å². The normalized spacial score (nSPS) is 14.4. The number of hydrogen-bond donors (Lipinski definition) is 2. The molecule has 0 spiro atoms. The molecule has 2 N–H and O–H groups in total. The Balaban J connectivity index is 1.28. The summed E-state index contributed by atoms with van der Waals surface area (Å²) in [6.07, 6.45) is 0.